The maximum Gasteiger partial charge on any atom is 0.340 e. The van der Waals surface area contributed by atoms with Gasteiger partial charge in [0.25, 0.3) is 5.91 Å². The van der Waals surface area contributed by atoms with Crippen LogP contribution in [0, 0.1) is 5.82 Å². The number of thiocarbonyl (C=S) groups is 1. The summed E-state index contributed by atoms with van der Waals surface area (Å²) < 4.78 is 27.6. The molecule has 0 bridgehead atoms. The first-order valence-corrected chi connectivity index (χ1v) is 22.4. The van der Waals surface area contributed by atoms with Crippen molar-refractivity contribution in [2.45, 2.75) is 50.3 Å². The number of hydrogen-bond donors (Lipinski definition) is 7. The molecule has 8 rings (SSSR count). The summed E-state index contributed by atoms with van der Waals surface area (Å²) in [4.78, 5) is 69.0. The van der Waals surface area contributed by atoms with E-state index in [1.165, 1.54) is 61.7 Å². The summed E-state index contributed by atoms with van der Waals surface area (Å²) in [5, 5.41) is 42.1. The Hall–Kier alpha value is -7.70. The number of rotatable bonds is 15. The summed E-state index contributed by atoms with van der Waals surface area (Å²) in [6.45, 7) is 1.71. The van der Waals surface area contributed by atoms with Crippen molar-refractivity contribution < 1.29 is 53.2 Å². The summed E-state index contributed by atoms with van der Waals surface area (Å²) in [6.07, 6.45) is 2.22. The molecule has 0 saturated heterocycles. The highest BCUT2D eigenvalue weighted by Crippen LogP contribution is 2.57. The predicted octanol–water partition coefficient (Wildman–Crippen LogP) is 7.90. The number of fused-ring (bicyclic) bond motifs is 6. The number of carboxylic acids is 1. The highest BCUT2D eigenvalue weighted by Gasteiger charge is 2.53. The van der Waals surface area contributed by atoms with Crippen molar-refractivity contribution in [3.8, 4) is 34.1 Å². The lowest BCUT2D eigenvalue weighted by molar-refractivity contribution is -0.142. The third kappa shape index (κ3) is 9.86. The number of pyridine rings is 1. The number of aromatic nitrogens is 1. The number of phenolic OH excluding ortho intramolecular Hbond substituents is 2. The number of unbranched alkanes of at least 4 members (excludes halogenated alkanes) is 1. The molecular weight excluding hydrogens is 962 g/mol. The number of phenols is 2. The maximum absolute atomic E-state index is 14.8. The minimum Gasteiger partial charge on any atom is -0.508 e. The van der Waals surface area contributed by atoms with Crippen molar-refractivity contribution >= 4 is 68.5 Å². The van der Waals surface area contributed by atoms with Crippen LogP contribution in [0.4, 0.5) is 10.1 Å². The van der Waals surface area contributed by atoms with E-state index in [0.717, 1.165) is 0 Å². The first kappa shape index (κ1) is 46.8. The Balaban J connectivity index is 0.885. The number of benzene rings is 5. The number of nitrogens with one attached hydrogen (secondary N) is 4. The number of hydrogen-bond acceptors (Lipinski definition) is 11. The standard InChI is InChI=1S/C50H41BrFN5O10S/c1-26(58)29-9-17-39(52)34(21-29)28-7-5-27(6-8-28)20-42(57-45(61)40-18-10-30(51)25-54-40)46(62)56-41(47(63)64)4-2-3-19-53-49(68)55-31-11-14-36-35(22-31)48(65)67-50(36)37-15-12-32(59)23-43(37)66-44-24-33(60)13-16-38(44)50/h5-18,21-25,41-42,59-60H,2-4,19-20H2,1H3,(H,56,62)(H,57,61)(H,63,64)(H2,53,55,68)/t41-,42+/m1/s1. The highest BCUT2D eigenvalue weighted by molar-refractivity contribution is 9.10. The van der Waals surface area contributed by atoms with Crippen LogP contribution in [0.1, 0.15) is 79.6 Å². The summed E-state index contributed by atoms with van der Waals surface area (Å²) in [5.74, 6) is -3.65. The number of aliphatic carboxylic acids is 1. The zero-order chi connectivity index (χ0) is 48.3. The average molecular weight is 1000 g/mol. The van der Waals surface area contributed by atoms with Crippen LogP contribution in [-0.4, -0.2) is 73.6 Å². The molecule has 2 amide bonds. The van der Waals surface area contributed by atoms with Gasteiger partial charge in [0.2, 0.25) is 5.91 Å². The molecule has 0 fully saturated rings. The molecule has 6 aromatic rings. The summed E-state index contributed by atoms with van der Waals surface area (Å²) in [6, 6.07) is 25.2. The zero-order valence-electron chi connectivity index (χ0n) is 36.0. The summed E-state index contributed by atoms with van der Waals surface area (Å²) >= 11 is 8.81. The van der Waals surface area contributed by atoms with Crippen LogP contribution in [0.5, 0.6) is 23.0 Å². The molecule has 18 heteroatoms. The topological polar surface area (TPSA) is 226 Å². The van der Waals surface area contributed by atoms with Gasteiger partial charge < -0.3 is 46.1 Å². The van der Waals surface area contributed by atoms with Gasteiger partial charge in [-0.05, 0) is 132 Å². The number of Topliss-reactive ketones (excluding diaryl/α,β-unsaturated/α-hetero) is 1. The van der Waals surface area contributed by atoms with Crippen molar-refractivity contribution in [3.05, 3.63) is 165 Å². The third-order valence-corrected chi connectivity index (χ3v) is 12.2. The molecule has 0 unspecified atom stereocenters. The second-order valence-corrected chi connectivity index (χ2v) is 17.4. The fraction of sp³-hybridized carbons (Fsp3) is 0.180. The number of esters is 1. The summed E-state index contributed by atoms with van der Waals surface area (Å²) in [7, 11) is 0. The van der Waals surface area contributed by atoms with E-state index in [4.69, 9.17) is 21.7 Å². The van der Waals surface area contributed by atoms with Crippen LogP contribution in [0.15, 0.2) is 120 Å². The molecule has 15 nitrogen and oxygen atoms in total. The van der Waals surface area contributed by atoms with Crippen LogP contribution in [0.25, 0.3) is 11.1 Å². The third-order valence-electron chi connectivity index (χ3n) is 11.5. The monoisotopic (exact) mass is 1000 g/mol. The number of nitrogens with zero attached hydrogens (tertiary/aromatic N) is 1. The van der Waals surface area contributed by atoms with E-state index in [9.17, 15) is 43.7 Å². The Labute approximate surface area is 401 Å². The molecule has 2 aliphatic heterocycles. The number of amides is 2. The van der Waals surface area contributed by atoms with E-state index in [-0.39, 0.29) is 63.6 Å². The first-order valence-electron chi connectivity index (χ1n) is 21.2. The number of carboxylic acid groups (broad SMARTS) is 1. The van der Waals surface area contributed by atoms with Gasteiger partial charge in [-0.25, -0.2) is 19.0 Å². The molecule has 346 valence electrons. The maximum atomic E-state index is 14.8. The molecule has 3 heterocycles. The minimum absolute atomic E-state index is 0.0290. The van der Waals surface area contributed by atoms with Crippen LogP contribution < -0.4 is 26.0 Å². The Kier molecular flexibility index (Phi) is 13.5. The van der Waals surface area contributed by atoms with Crippen molar-refractivity contribution in [1.82, 2.24) is 20.9 Å². The van der Waals surface area contributed by atoms with E-state index >= 15 is 0 Å². The lowest BCUT2D eigenvalue weighted by atomic mass is 9.77. The SMILES string of the molecule is CC(=O)c1ccc(F)c(-c2ccc(C[C@H](NC(=O)c3ccc(Br)cn3)C(=O)N[C@H](CCCCNC(=S)Nc3ccc4c(c3)C(=O)OC43c4ccc(O)cc4Oc4cc(O)ccc43)C(=O)O)cc2)c1. The number of halogens is 2. The van der Waals surface area contributed by atoms with Gasteiger partial charge in [0, 0.05) is 69.3 Å². The van der Waals surface area contributed by atoms with Crippen LogP contribution >= 0.6 is 28.1 Å². The van der Waals surface area contributed by atoms with Crippen molar-refractivity contribution in [2.24, 2.45) is 0 Å². The zero-order valence-corrected chi connectivity index (χ0v) is 38.4. The predicted molar refractivity (Wildman–Crippen MR) is 254 cm³/mol. The number of ketones is 1. The van der Waals surface area contributed by atoms with Crippen molar-refractivity contribution in [1.29, 1.82) is 0 Å². The number of anilines is 1. The number of aromatic hydroxyl groups is 2. The normalized spacial score (nSPS) is 13.7. The smallest absolute Gasteiger partial charge is 0.340 e. The van der Waals surface area contributed by atoms with Crippen LogP contribution in [-0.2, 0) is 26.3 Å². The van der Waals surface area contributed by atoms with Gasteiger partial charge in [-0.15, -0.1) is 0 Å². The molecule has 0 saturated carbocycles. The Morgan fingerprint density at radius 3 is 2.15 bits per heavy atom. The molecular formula is C50H41BrFN5O10S. The fourth-order valence-corrected chi connectivity index (χ4v) is 8.59. The molecule has 5 aromatic carbocycles. The Bertz CT molecular complexity index is 2960. The van der Waals surface area contributed by atoms with Gasteiger partial charge in [-0.2, -0.15) is 0 Å². The molecule has 1 aromatic heterocycles. The fourth-order valence-electron chi connectivity index (χ4n) is 8.14. The van der Waals surface area contributed by atoms with Crippen molar-refractivity contribution in [3.63, 3.8) is 0 Å². The molecule has 0 aliphatic carbocycles. The first-order chi connectivity index (χ1) is 32.6. The molecule has 1 spiro atoms. The van der Waals surface area contributed by atoms with E-state index in [2.05, 4.69) is 42.2 Å². The van der Waals surface area contributed by atoms with Crippen molar-refractivity contribution in [2.75, 3.05) is 11.9 Å². The molecule has 2 aliphatic rings. The highest BCUT2D eigenvalue weighted by atomic mass is 79.9. The largest absolute Gasteiger partial charge is 0.508 e. The van der Waals surface area contributed by atoms with E-state index in [1.54, 1.807) is 60.7 Å². The molecule has 2 atom stereocenters. The lowest BCUT2D eigenvalue weighted by Gasteiger charge is -2.36. The van der Waals surface area contributed by atoms with E-state index in [1.807, 2.05) is 0 Å². The van der Waals surface area contributed by atoms with E-state index in [0.29, 0.717) is 62.9 Å². The molecule has 7 N–H and O–H groups in total. The van der Waals surface area contributed by atoms with Crippen LogP contribution in [0.3, 0.4) is 0 Å². The second-order valence-electron chi connectivity index (χ2n) is 16.1. The average Bonchev–Trinajstić information content (AvgIpc) is 3.59. The summed E-state index contributed by atoms with van der Waals surface area (Å²) in [5.41, 5.74) is 2.46. The Morgan fingerprint density at radius 2 is 1.50 bits per heavy atom. The van der Waals surface area contributed by atoms with Gasteiger partial charge in [0.15, 0.2) is 16.5 Å². The number of carbonyl (C=O) groups excluding carboxylic acids is 4. The molecule has 68 heavy (non-hydrogen) atoms. The lowest BCUT2D eigenvalue weighted by Crippen LogP contribution is -2.52. The molecule has 0 radical (unpaired) electrons. The van der Waals surface area contributed by atoms with Gasteiger partial charge in [0.05, 0.1) is 5.56 Å². The second kappa shape index (κ2) is 19.6. The minimum atomic E-state index is -1.42. The van der Waals surface area contributed by atoms with Gasteiger partial charge in [-0.1, -0.05) is 30.3 Å². The van der Waals surface area contributed by atoms with Gasteiger partial charge in [-0.3, -0.25) is 14.4 Å². The number of ether oxygens (including phenoxy) is 2. The van der Waals surface area contributed by atoms with Gasteiger partial charge in [0.1, 0.15) is 46.6 Å². The van der Waals surface area contributed by atoms with Gasteiger partial charge >= 0.3 is 11.9 Å². The quantitative estimate of drug-likeness (QED) is 0.0225. The van der Waals surface area contributed by atoms with Crippen LogP contribution in [0.2, 0.25) is 0 Å². The number of carbonyl (C=O) groups is 5. The van der Waals surface area contributed by atoms with E-state index < -0.39 is 47.3 Å². The Morgan fingerprint density at radius 1 is 0.809 bits per heavy atom.